The van der Waals surface area contributed by atoms with Gasteiger partial charge in [-0.05, 0) is 109 Å². The van der Waals surface area contributed by atoms with Gasteiger partial charge in [-0.2, -0.15) is 0 Å². The molecule has 0 saturated carbocycles. The van der Waals surface area contributed by atoms with Gasteiger partial charge in [-0.25, -0.2) is 0 Å². The second-order valence-corrected chi connectivity index (χ2v) is 22.0. The van der Waals surface area contributed by atoms with Crippen molar-refractivity contribution in [3.8, 4) is 0 Å². The van der Waals surface area contributed by atoms with Crippen LogP contribution in [-0.2, 0) is 28.6 Å². The molecule has 0 aromatic rings. The summed E-state index contributed by atoms with van der Waals surface area (Å²) in [6.07, 6.45) is 91.6. The molecular formula is C73H124O6. The van der Waals surface area contributed by atoms with E-state index in [0.717, 1.165) is 96.3 Å². The number of allylic oxidation sites excluding steroid dienone is 18. The third-order valence-corrected chi connectivity index (χ3v) is 14.3. The highest BCUT2D eigenvalue weighted by Gasteiger charge is 2.19. The van der Waals surface area contributed by atoms with Gasteiger partial charge in [0, 0.05) is 19.3 Å². The molecule has 0 radical (unpaired) electrons. The van der Waals surface area contributed by atoms with Gasteiger partial charge in [0.05, 0.1) is 0 Å². The number of carbonyl (C=O) groups excluding carboxylic acids is 3. The van der Waals surface area contributed by atoms with Gasteiger partial charge in [0.25, 0.3) is 0 Å². The molecule has 0 aliphatic carbocycles. The van der Waals surface area contributed by atoms with Crippen molar-refractivity contribution in [1.29, 1.82) is 0 Å². The molecule has 0 spiro atoms. The highest BCUT2D eigenvalue weighted by molar-refractivity contribution is 5.71. The Morgan fingerprint density at radius 2 is 0.519 bits per heavy atom. The Morgan fingerprint density at radius 1 is 0.266 bits per heavy atom. The predicted octanol–water partition coefficient (Wildman–Crippen LogP) is 23.0. The highest BCUT2D eigenvalue weighted by atomic mass is 16.6. The van der Waals surface area contributed by atoms with E-state index in [-0.39, 0.29) is 31.6 Å². The number of rotatable bonds is 60. The van der Waals surface area contributed by atoms with Crippen LogP contribution in [0, 0.1) is 0 Å². The van der Waals surface area contributed by atoms with Gasteiger partial charge in [0.1, 0.15) is 13.2 Å². The quantitative estimate of drug-likeness (QED) is 0.0261. The Labute approximate surface area is 489 Å². The summed E-state index contributed by atoms with van der Waals surface area (Å²) >= 11 is 0. The Bertz CT molecular complexity index is 1590. The highest BCUT2D eigenvalue weighted by Crippen LogP contribution is 2.17. The zero-order valence-corrected chi connectivity index (χ0v) is 51.9. The SMILES string of the molecule is CC/C=C\C/C=C\C/C=C\C/C=C\CCC(=O)OC(COC(=O)CCCCC/C=C\C/C=C\C/C=C\CC)COC(=O)CCCCCCCCCCCCCCCCCCCCCCCCC/C=C\C/C=C\CCCCCCC. The zero-order valence-electron chi connectivity index (χ0n) is 51.9. The van der Waals surface area contributed by atoms with E-state index in [9.17, 15) is 14.4 Å². The summed E-state index contributed by atoms with van der Waals surface area (Å²) < 4.78 is 16.8. The second kappa shape index (κ2) is 66.6. The van der Waals surface area contributed by atoms with Crippen molar-refractivity contribution in [2.45, 2.75) is 322 Å². The summed E-state index contributed by atoms with van der Waals surface area (Å²) in [7, 11) is 0. The molecule has 0 aromatic heterocycles. The van der Waals surface area contributed by atoms with E-state index in [4.69, 9.17) is 14.2 Å². The Morgan fingerprint density at radius 3 is 0.835 bits per heavy atom. The van der Waals surface area contributed by atoms with Crippen LogP contribution in [0.5, 0.6) is 0 Å². The lowest BCUT2D eigenvalue weighted by Crippen LogP contribution is -2.30. The van der Waals surface area contributed by atoms with Gasteiger partial charge in [0.2, 0.25) is 0 Å². The van der Waals surface area contributed by atoms with E-state index in [1.807, 2.05) is 12.2 Å². The lowest BCUT2D eigenvalue weighted by Gasteiger charge is -2.18. The van der Waals surface area contributed by atoms with Crippen LogP contribution in [0.1, 0.15) is 316 Å². The van der Waals surface area contributed by atoms with E-state index in [1.54, 1.807) is 0 Å². The molecule has 0 amide bonds. The Hall–Kier alpha value is -3.93. The first kappa shape index (κ1) is 75.1. The molecule has 0 N–H and O–H groups in total. The zero-order chi connectivity index (χ0) is 57.1. The lowest BCUT2D eigenvalue weighted by molar-refractivity contribution is -0.166. The molecule has 0 aliphatic heterocycles. The maximum atomic E-state index is 12.8. The van der Waals surface area contributed by atoms with E-state index < -0.39 is 12.1 Å². The van der Waals surface area contributed by atoms with E-state index in [1.165, 1.54) is 173 Å². The molecule has 6 heteroatoms. The maximum Gasteiger partial charge on any atom is 0.306 e. The van der Waals surface area contributed by atoms with Gasteiger partial charge in [0.15, 0.2) is 6.10 Å². The normalized spacial score (nSPS) is 12.8. The van der Waals surface area contributed by atoms with Crippen LogP contribution >= 0.6 is 0 Å². The summed E-state index contributed by atoms with van der Waals surface area (Å²) in [5.41, 5.74) is 0. The standard InChI is InChI=1S/C73H124O6/c1-4-7-10-13-16-19-22-25-26-27-28-29-30-31-32-33-34-35-36-37-38-39-40-41-42-43-44-45-46-49-51-54-57-60-63-66-72(75)78-69-70(79-73(76)67-64-61-58-55-52-48-24-21-18-15-12-9-6-3)68-77-71(74)65-62-59-56-53-50-47-23-20-17-14-11-8-5-2/h8-9,11-12,17-18,20-22,25,27-28,47-48,50,52,58,61,70H,4-7,10,13-16,19,23-24,26,29-46,49,51,53-57,59-60,62-69H2,1-3H3/b11-8-,12-9-,20-17-,21-18-,25-22-,28-27-,50-47-,52-48-,61-58-. The van der Waals surface area contributed by atoms with Crippen molar-refractivity contribution < 1.29 is 28.6 Å². The molecule has 1 atom stereocenters. The topological polar surface area (TPSA) is 78.9 Å². The van der Waals surface area contributed by atoms with Crippen molar-refractivity contribution in [1.82, 2.24) is 0 Å². The third-order valence-electron chi connectivity index (χ3n) is 14.3. The minimum atomic E-state index is -0.828. The van der Waals surface area contributed by atoms with Crippen LogP contribution in [0.4, 0.5) is 0 Å². The van der Waals surface area contributed by atoms with E-state index >= 15 is 0 Å². The number of esters is 3. The molecule has 1 unspecified atom stereocenters. The van der Waals surface area contributed by atoms with Crippen LogP contribution in [0.3, 0.4) is 0 Å². The largest absolute Gasteiger partial charge is 0.462 e. The molecule has 0 bridgehead atoms. The predicted molar refractivity (Wildman–Crippen MR) is 343 cm³/mol. The van der Waals surface area contributed by atoms with Crippen LogP contribution in [0.15, 0.2) is 109 Å². The smallest absolute Gasteiger partial charge is 0.306 e. The maximum absolute atomic E-state index is 12.8. The average Bonchev–Trinajstić information content (AvgIpc) is 3.45. The molecule has 0 saturated heterocycles. The molecule has 0 rings (SSSR count). The van der Waals surface area contributed by atoms with Crippen LogP contribution < -0.4 is 0 Å². The van der Waals surface area contributed by atoms with E-state index in [2.05, 4.69) is 118 Å². The van der Waals surface area contributed by atoms with Crippen molar-refractivity contribution in [2.24, 2.45) is 0 Å². The minimum absolute atomic E-state index is 0.115. The van der Waals surface area contributed by atoms with Gasteiger partial charge < -0.3 is 14.2 Å². The summed E-state index contributed by atoms with van der Waals surface area (Å²) in [5.74, 6) is -1.02. The Balaban J connectivity index is 4.10. The van der Waals surface area contributed by atoms with Crippen molar-refractivity contribution >= 4 is 17.9 Å². The van der Waals surface area contributed by atoms with Crippen LogP contribution in [-0.4, -0.2) is 37.2 Å². The molecule has 6 nitrogen and oxygen atoms in total. The van der Waals surface area contributed by atoms with Gasteiger partial charge in [-0.1, -0.05) is 297 Å². The van der Waals surface area contributed by atoms with E-state index in [0.29, 0.717) is 19.3 Å². The number of hydrogen-bond donors (Lipinski definition) is 0. The molecule has 452 valence electrons. The fourth-order valence-corrected chi connectivity index (χ4v) is 9.33. The van der Waals surface area contributed by atoms with Crippen molar-refractivity contribution in [2.75, 3.05) is 13.2 Å². The minimum Gasteiger partial charge on any atom is -0.462 e. The van der Waals surface area contributed by atoms with Crippen molar-refractivity contribution in [3.05, 3.63) is 109 Å². The molecule has 0 aliphatic rings. The number of unbranched alkanes of at least 4 members (excludes halogenated alkanes) is 31. The second-order valence-electron chi connectivity index (χ2n) is 22.0. The lowest BCUT2D eigenvalue weighted by atomic mass is 10.0. The van der Waals surface area contributed by atoms with Crippen molar-refractivity contribution in [3.63, 3.8) is 0 Å². The average molecular weight is 1100 g/mol. The van der Waals surface area contributed by atoms with Gasteiger partial charge in [-0.15, -0.1) is 0 Å². The first-order valence-electron chi connectivity index (χ1n) is 33.4. The van der Waals surface area contributed by atoms with Gasteiger partial charge in [-0.3, -0.25) is 14.4 Å². The summed E-state index contributed by atoms with van der Waals surface area (Å²) in [6, 6.07) is 0. The number of carbonyl (C=O) groups is 3. The molecule has 0 fully saturated rings. The van der Waals surface area contributed by atoms with Gasteiger partial charge >= 0.3 is 17.9 Å². The fourth-order valence-electron chi connectivity index (χ4n) is 9.33. The summed E-state index contributed by atoms with van der Waals surface area (Å²) in [6.45, 7) is 6.33. The summed E-state index contributed by atoms with van der Waals surface area (Å²) in [5, 5.41) is 0. The Kier molecular flexibility index (Phi) is 63.3. The summed E-state index contributed by atoms with van der Waals surface area (Å²) in [4.78, 5) is 38.1. The number of hydrogen-bond acceptors (Lipinski definition) is 6. The molecule has 0 aromatic carbocycles. The molecular weight excluding hydrogens is 973 g/mol. The third kappa shape index (κ3) is 64.8. The molecule has 79 heavy (non-hydrogen) atoms. The first-order chi connectivity index (χ1) is 39.0. The number of ether oxygens (including phenoxy) is 3. The fraction of sp³-hybridized carbons (Fsp3) is 0.712. The first-order valence-corrected chi connectivity index (χ1v) is 33.4. The molecule has 0 heterocycles. The van der Waals surface area contributed by atoms with Crippen LogP contribution in [0.2, 0.25) is 0 Å². The van der Waals surface area contributed by atoms with Crippen LogP contribution in [0.25, 0.3) is 0 Å². The monoisotopic (exact) mass is 1100 g/mol.